The van der Waals surface area contributed by atoms with E-state index >= 15 is 0 Å². The monoisotopic (exact) mass is 484 g/mol. The van der Waals surface area contributed by atoms with Gasteiger partial charge in [-0.05, 0) is 98.3 Å². The van der Waals surface area contributed by atoms with Crippen LogP contribution >= 0.6 is 0 Å². The van der Waals surface area contributed by atoms with Crippen LogP contribution in [-0.4, -0.2) is 39.6 Å². The first-order valence-electron chi connectivity index (χ1n) is 13.2. The maximum Gasteiger partial charge on any atom is 0.156 e. The average Bonchev–Trinajstić information content (AvgIpc) is 2.76. The molecule has 0 amide bonds. The topological polar surface area (TPSA) is 94.8 Å². The van der Waals surface area contributed by atoms with Crippen molar-refractivity contribution >= 4 is 12.1 Å². The zero-order valence-electron chi connectivity index (χ0n) is 22.7. The number of aliphatic hydroxyl groups excluding tert-OH is 3. The number of ketones is 1. The lowest BCUT2D eigenvalue weighted by Crippen LogP contribution is -2.67. The van der Waals surface area contributed by atoms with Gasteiger partial charge in [-0.25, -0.2) is 0 Å². The van der Waals surface area contributed by atoms with Crippen LogP contribution in [0.2, 0.25) is 0 Å². The highest BCUT2D eigenvalue weighted by Crippen LogP contribution is 2.72. The Morgan fingerprint density at radius 2 is 1.57 bits per heavy atom. The standard InChI is InChI=1S/C30H44O5/c1-17-18(2)24-27(5,15-21(17)32)16-23(34)30(8)20(11-14-31)19(9-13-29(24,30)7)28(6)12-10-22(33)26(3,4)25(28)35/h9-11,14,17-18,21,23-24,32-34H,12-13,15-16H2,1-8H3/b20-11+/t17-,18-,21-,23+,24+,27+,28+,29-,30-/m0/s1. The highest BCUT2D eigenvalue weighted by molar-refractivity contribution is 5.96. The van der Waals surface area contributed by atoms with Crippen molar-refractivity contribution in [3.8, 4) is 0 Å². The van der Waals surface area contributed by atoms with Crippen molar-refractivity contribution in [3.63, 3.8) is 0 Å². The van der Waals surface area contributed by atoms with E-state index in [0.29, 0.717) is 25.7 Å². The minimum absolute atomic E-state index is 0.0711. The fourth-order valence-corrected chi connectivity index (χ4v) is 9.06. The minimum Gasteiger partial charge on any atom is -0.512 e. The van der Waals surface area contributed by atoms with Crippen LogP contribution in [0.1, 0.15) is 81.1 Å². The number of fused-ring (bicyclic) bond motifs is 3. The average molecular weight is 485 g/mol. The maximum absolute atomic E-state index is 13.8. The van der Waals surface area contributed by atoms with Gasteiger partial charge in [0.2, 0.25) is 0 Å². The smallest absolute Gasteiger partial charge is 0.156 e. The van der Waals surface area contributed by atoms with Crippen molar-refractivity contribution in [2.75, 3.05) is 0 Å². The molecule has 0 spiro atoms. The van der Waals surface area contributed by atoms with E-state index in [-0.39, 0.29) is 40.1 Å². The molecule has 0 aromatic heterocycles. The number of rotatable bonds is 2. The molecule has 0 unspecified atom stereocenters. The molecule has 5 heteroatoms. The second-order valence-electron chi connectivity index (χ2n) is 13.6. The van der Waals surface area contributed by atoms with Gasteiger partial charge in [-0.15, -0.1) is 0 Å². The molecule has 35 heavy (non-hydrogen) atoms. The Bertz CT molecular complexity index is 1040. The molecule has 3 N–H and O–H groups in total. The van der Waals surface area contributed by atoms with Gasteiger partial charge in [-0.3, -0.25) is 9.59 Å². The maximum atomic E-state index is 13.8. The van der Waals surface area contributed by atoms with Crippen LogP contribution in [0, 0.1) is 44.8 Å². The second kappa shape index (κ2) is 7.89. The van der Waals surface area contributed by atoms with Crippen molar-refractivity contribution in [3.05, 3.63) is 35.1 Å². The van der Waals surface area contributed by atoms with E-state index in [9.17, 15) is 24.9 Å². The number of Topliss-reactive ketones (excluding diaryl/α,β-unsaturated/α-hetero) is 1. The molecule has 4 aliphatic rings. The lowest BCUT2D eigenvalue weighted by molar-refractivity contribution is -0.218. The Balaban J connectivity index is 1.93. The molecule has 0 heterocycles. The van der Waals surface area contributed by atoms with Crippen molar-refractivity contribution in [1.29, 1.82) is 0 Å². The van der Waals surface area contributed by atoms with Crippen LogP contribution in [0.4, 0.5) is 0 Å². The third-order valence-electron chi connectivity index (χ3n) is 11.4. The molecule has 9 atom stereocenters. The van der Waals surface area contributed by atoms with Gasteiger partial charge >= 0.3 is 0 Å². The molecular formula is C30H44O5. The first-order valence-corrected chi connectivity index (χ1v) is 13.2. The Morgan fingerprint density at radius 3 is 2.17 bits per heavy atom. The number of aliphatic hydroxyl groups is 3. The minimum atomic E-state index is -1.02. The Kier molecular flexibility index (Phi) is 5.94. The Labute approximate surface area is 210 Å². The van der Waals surface area contributed by atoms with E-state index < -0.39 is 28.5 Å². The quantitative estimate of drug-likeness (QED) is 0.364. The summed E-state index contributed by atoms with van der Waals surface area (Å²) in [6.45, 7) is 16.3. The first kappa shape index (κ1) is 26.3. The van der Waals surface area contributed by atoms with Crippen molar-refractivity contribution < 1.29 is 24.9 Å². The van der Waals surface area contributed by atoms with E-state index in [4.69, 9.17) is 0 Å². The van der Waals surface area contributed by atoms with Gasteiger partial charge < -0.3 is 15.3 Å². The molecule has 194 valence electrons. The molecule has 0 aromatic carbocycles. The molecule has 2 saturated carbocycles. The van der Waals surface area contributed by atoms with Crippen LogP contribution in [0.3, 0.4) is 0 Å². The largest absolute Gasteiger partial charge is 0.512 e. The van der Waals surface area contributed by atoms with Gasteiger partial charge in [-0.1, -0.05) is 40.7 Å². The normalized spacial score (nSPS) is 50.6. The summed E-state index contributed by atoms with van der Waals surface area (Å²) in [5, 5.41) is 33.2. The molecule has 5 nitrogen and oxygen atoms in total. The van der Waals surface area contributed by atoms with E-state index in [1.807, 2.05) is 6.92 Å². The third kappa shape index (κ3) is 3.19. The van der Waals surface area contributed by atoms with Crippen LogP contribution in [0.15, 0.2) is 35.1 Å². The van der Waals surface area contributed by atoms with E-state index in [1.165, 1.54) is 0 Å². The fraction of sp³-hybridized carbons (Fsp3) is 0.733. The van der Waals surface area contributed by atoms with E-state index in [1.54, 1.807) is 26.0 Å². The summed E-state index contributed by atoms with van der Waals surface area (Å²) in [5.41, 5.74) is -1.69. The summed E-state index contributed by atoms with van der Waals surface area (Å²) in [5.74, 6) is 0.617. The molecule has 0 aromatic rings. The Hall–Kier alpha value is -1.72. The van der Waals surface area contributed by atoms with E-state index in [0.717, 1.165) is 17.4 Å². The zero-order valence-corrected chi connectivity index (χ0v) is 22.7. The zero-order chi connectivity index (χ0) is 26.4. The molecule has 0 radical (unpaired) electrons. The molecule has 0 bridgehead atoms. The summed E-state index contributed by atoms with van der Waals surface area (Å²) < 4.78 is 0. The summed E-state index contributed by atoms with van der Waals surface area (Å²) in [7, 11) is 0. The summed E-state index contributed by atoms with van der Waals surface area (Å²) in [4.78, 5) is 25.9. The number of carbonyl (C=O) groups is 2. The number of carbonyl (C=O) groups excluding carboxylic acids is 2. The van der Waals surface area contributed by atoms with Gasteiger partial charge in [0, 0.05) is 5.41 Å². The van der Waals surface area contributed by atoms with Gasteiger partial charge in [0.15, 0.2) is 5.78 Å². The molecular weight excluding hydrogens is 440 g/mol. The lowest BCUT2D eigenvalue weighted by Gasteiger charge is -2.69. The first-order chi connectivity index (χ1) is 16.0. The van der Waals surface area contributed by atoms with Crippen LogP contribution in [-0.2, 0) is 9.59 Å². The van der Waals surface area contributed by atoms with Crippen LogP contribution in [0.5, 0.6) is 0 Å². The molecule has 4 rings (SSSR count). The van der Waals surface area contributed by atoms with Crippen molar-refractivity contribution in [2.24, 2.45) is 44.8 Å². The summed E-state index contributed by atoms with van der Waals surface area (Å²) in [6.07, 6.45) is 7.34. The second-order valence-corrected chi connectivity index (χ2v) is 13.6. The summed E-state index contributed by atoms with van der Waals surface area (Å²) in [6, 6.07) is 0. The summed E-state index contributed by atoms with van der Waals surface area (Å²) >= 11 is 0. The highest BCUT2D eigenvalue weighted by Gasteiger charge is 2.69. The molecule has 4 aliphatic carbocycles. The molecule has 0 saturated heterocycles. The predicted octanol–water partition coefficient (Wildman–Crippen LogP) is 5.33. The molecule has 0 aliphatic heterocycles. The SMILES string of the molecule is C[C@H]1[C@H](C)[C@@H](O)C[C@]2(C)C[C@@H](O)[C@]3(C)/C(=C/C=O)C([C@@]4(C)CC=C(O)C(C)(C)C4=O)=CC[C@@]3(C)[C@H]12. The highest BCUT2D eigenvalue weighted by atomic mass is 16.3. The van der Waals surface area contributed by atoms with Gasteiger partial charge in [0.05, 0.1) is 23.0 Å². The van der Waals surface area contributed by atoms with Crippen molar-refractivity contribution in [2.45, 2.75) is 93.3 Å². The van der Waals surface area contributed by atoms with Gasteiger partial charge in [-0.2, -0.15) is 0 Å². The van der Waals surface area contributed by atoms with Crippen LogP contribution < -0.4 is 0 Å². The Morgan fingerprint density at radius 1 is 0.943 bits per heavy atom. The predicted molar refractivity (Wildman–Crippen MR) is 136 cm³/mol. The van der Waals surface area contributed by atoms with E-state index in [2.05, 4.69) is 40.7 Å². The lowest BCUT2D eigenvalue weighted by atomic mass is 9.35. The van der Waals surface area contributed by atoms with Gasteiger partial charge in [0.25, 0.3) is 0 Å². The van der Waals surface area contributed by atoms with Crippen LogP contribution in [0.25, 0.3) is 0 Å². The van der Waals surface area contributed by atoms with Crippen molar-refractivity contribution in [1.82, 2.24) is 0 Å². The number of hydrogen-bond donors (Lipinski definition) is 3. The number of aldehydes is 1. The van der Waals surface area contributed by atoms with Gasteiger partial charge in [0.1, 0.15) is 12.0 Å². The number of allylic oxidation sites excluding steroid dienone is 5. The number of hydrogen-bond acceptors (Lipinski definition) is 5. The molecule has 2 fully saturated rings. The third-order valence-corrected chi connectivity index (χ3v) is 11.4. The fourth-order valence-electron chi connectivity index (χ4n) is 9.06.